The van der Waals surface area contributed by atoms with Crippen LogP contribution in [0.1, 0.15) is 16.8 Å². The van der Waals surface area contributed by atoms with Gasteiger partial charge in [-0.15, -0.1) is 13.2 Å². The molecule has 2 rings (SSSR count). The first-order chi connectivity index (χ1) is 9.44. The average molecular weight is 289 g/mol. The SMILES string of the molecule is O=C(CC1COCCN1)c1ccc(OC(F)(F)F)cc1. The van der Waals surface area contributed by atoms with Crippen LogP contribution in [-0.2, 0) is 4.74 Å². The summed E-state index contributed by atoms with van der Waals surface area (Å²) in [6, 6.07) is 4.86. The quantitative estimate of drug-likeness (QED) is 0.863. The molecule has 0 radical (unpaired) electrons. The summed E-state index contributed by atoms with van der Waals surface area (Å²) in [4.78, 5) is 12.0. The zero-order chi connectivity index (χ0) is 14.6. The molecule has 20 heavy (non-hydrogen) atoms. The van der Waals surface area contributed by atoms with Crippen molar-refractivity contribution >= 4 is 5.78 Å². The van der Waals surface area contributed by atoms with Crippen molar-refractivity contribution in [1.82, 2.24) is 5.32 Å². The Bertz CT molecular complexity index is 453. The molecule has 1 aliphatic heterocycles. The molecule has 0 bridgehead atoms. The van der Waals surface area contributed by atoms with Crippen molar-refractivity contribution in [2.24, 2.45) is 0 Å². The molecule has 1 aliphatic rings. The van der Waals surface area contributed by atoms with Gasteiger partial charge in [0.05, 0.1) is 13.2 Å². The predicted molar refractivity (Wildman–Crippen MR) is 64.7 cm³/mol. The van der Waals surface area contributed by atoms with Crippen LogP contribution >= 0.6 is 0 Å². The largest absolute Gasteiger partial charge is 0.573 e. The summed E-state index contributed by atoms with van der Waals surface area (Å²) in [7, 11) is 0. The highest BCUT2D eigenvalue weighted by Crippen LogP contribution is 2.23. The lowest BCUT2D eigenvalue weighted by molar-refractivity contribution is -0.274. The Kier molecular flexibility index (Phi) is 4.61. The van der Waals surface area contributed by atoms with Gasteiger partial charge in [0, 0.05) is 24.6 Å². The molecule has 0 aliphatic carbocycles. The standard InChI is InChI=1S/C13H14F3NO3/c14-13(15,16)20-11-3-1-9(2-4-11)12(18)7-10-8-19-6-5-17-10/h1-4,10,17H,5-8H2. The molecule has 1 atom stereocenters. The number of rotatable bonds is 4. The predicted octanol–water partition coefficient (Wildman–Crippen LogP) is 2.15. The first-order valence-electron chi connectivity index (χ1n) is 6.14. The Hall–Kier alpha value is -1.60. The summed E-state index contributed by atoms with van der Waals surface area (Å²) in [5, 5.41) is 3.14. The number of morpholine rings is 1. The van der Waals surface area contributed by atoms with Gasteiger partial charge in [-0.2, -0.15) is 0 Å². The minimum absolute atomic E-state index is 0.0534. The zero-order valence-corrected chi connectivity index (χ0v) is 10.6. The van der Waals surface area contributed by atoms with Crippen molar-refractivity contribution in [2.75, 3.05) is 19.8 Å². The van der Waals surface area contributed by atoms with E-state index in [1.54, 1.807) is 0 Å². The zero-order valence-electron chi connectivity index (χ0n) is 10.6. The minimum Gasteiger partial charge on any atom is -0.406 e. The molecule has 1 aromatic carbocycles. The van der Waals surface area contributed by atoms with Crippen molar-refractivity contribution in [3.05, 3.63) is 29.8 Å². The van der Waals surface area contributed by atoms with Crippen LogP contribution < -0.4 is 10.1 Å². The molecule has 1 N–H and O–H groups in total. The Balaban J connectivity index is 1.93. The first kappa shape index (κ1) is 14.8. The van der Waals surface area contributed by atoms with Gasteiger partial charge in [0.25, 0.3) is 0 Å². The molecule has 1 fully saturated rings. The van der Waals surface area contributed by atoms with Crippen molar-refractivity contribution in [3.8, 4) is 5.75 Å². The number of alkyl halides is 3. The monoisotopic (exact) mass is 289 g/mol. The molecule has 1 unspecified atom stereocenters. The average Bonchev–Trinajstić information content (AvgIpc) is 2.39. The molecular weight excluding hydrogens is 275 g/mol. The van der Waals surface area contributed by atoms with E-state index in [-0.39, 0.29) is 24.0 Å². The Labute approximate surface area is 113 Å². The van der Waals surface area contributed by atoms with E-state index in [1.165, 1.54) is 12.1 Å². The number of carbonyl (C=O) groups is 1. The molecular formula is C13H14F3NO3. The van der Waals surface area contributed by atoms with Crippen molar-refractivity contribution in [3.63, 3.8) is 0 Å². The van der Waals surface area contributed by atoms with Gasteiger partial charge in [-0.3, -0.25) is 4.79 Å². The highest BCUT2D eigenvalue weighted by Gasteiger charge is 2.31. The molecule has 0 spiro atoms. The lowest BCUT2D eigenvalue weighted by Gasteiger charge is -2.23. The smallest absolute Gasteiger partial charge is 0.406 e. The van der Waals surface area contributed by atoms with E-state index in [4.69, 9.17) is 4.74 Å². The van der Waals surface area contributed by atoms with Crippen LogP contribution in [0, 0.1) is 0 Å². The lowest BCUT2D eigenvalue weighted by Crippen LogP contribution is -2.42. The molecule has 0 aromatic heterocycles. The summed E-state index contributed by atoms with van der Waals surface area (Å²) in [6.07, 6.45) is -4.48. The maximum Gasteiger partial charge on any atom is 0.573 e. The van der Waals surface area contributed by atoms with Crippen LogP contribution in [0.5, 0.6) is 5.75 Å². The molecule has 0 saturated carbocycles. The first-order valence-corrected chi connectivity index (χ1v) is 6.14. The molecule has 1 heterocycles. The van der Waals surface area contributed by atoms with Gasteiger partial charge in [0.2, 0.25) is 0 Å². The fraction of sp³-hybridized carbons (Fsp3) is 0.462. The number of hydrogen-bond donors (Lipinski definition) is 1. The minimum atomic E-state index is -4.73. The van der Waals surface area contributed by atoms with E-state index < -0.39 is 6.36 Å². The third kappa shape index (κ3) is 4.50. The molecule has 1 saturated heterocycles. The summed E-state index contributed by atoms with van der Waals surface area (Å²) < 4.78 is 45.0. The van der Waals surface area contributed by atoms with Gasteiger partial charge in [0.1, 0.15) is 5.75 Å². The van der Waals surface area contributed by atoms with Crippen molar-refractivity contribution < 1.29 is 27.4 Å². The number of ether oxygens (including phenoxy) is 2. The molecule has 0 amide bonds. The topological polar surface area (TPSA) is 47.6 Å². The Morgan fingerprint density at radius 2 is 2.05 bits per heavy atom. The second-order valence-electron chi connectivity index (χ2n) is 4.43. The van der Waals surface area contributed by atoms with Gasteiger partial charge in [-0.05, 0) is 24.3 Å². The van der Waals surface area contributed by atoms with E-state index in [2.05, 4.69) is 10.1 Å². The number of carbonyl (C=O) groups excluding carboxylic acids is 1. The molecule has 1 aromatic rings. The van der Waals surface area contributed by atoms with E-state index in [1.807, 2.05) is 0 Å². The summed E-state index contributed by atoms with van der Waals surface area (Å²) >= 11 is 0. The van der Waals surface area contributed by atoms with Crippen molar-refractivity contribution in [2.45, 2.75) is 18.8 Å². The molecule has 110 valence electrons. The normalized spacial score (nSPS) is 19.6. The number of benzene rings is 1. The Morgan fingerprint density at radius 3 is 2.60 bits per heavy atom. The van der Waals surface area contributed by atoms with E-state index in [0.717, 1.165) is 12.1 Å². The van der Waals surface area contributed by atoms with E-state index in [9.17, 15) is 18.0 Å². The maximum absolute atomic E-state index is 12.0. The van der Waals surface area contributed by atoms with Crippen LogP contribution in [0.3, 0.4) is 0 Å². The molecule has 4 nitrogen and oxygen atoms in total. The summed E-state index contributed by atoms with van der Waals surface area (Å²) in [5.41, 5.74) is 0.354. The van der Waals surface area contributed by atoms with E-state index in [0.29, 0.717) is 25.3 Å². The number of Topliss-reactive ketones (excluding diaryl/α,β-unsaturated/α-hetero) is 1. The number of halogens is 3. The summed E-state index contributed by atoms with van der Waals surface area (Å²) in [6.45, 7) is 1.77. The second kappa shape index (κ2) is 6.23. The summed E-state index contributed by atoms with van der Waals surface area (Å²) in [5.74, 6) is -0.486. The molecule has 7 heteroatoms. The van der Waals surface area contributed by atoms with Gasteiger partial charge in [0.15, 0.2) is 5.78 Å². The van der Waals surface area contributed by atoms with Gasteiger partial charge >= 0.3 is 6.36 Å². The van der Waals surface area contributed by atoms with Crippen LogP contribution in [0.15, 0.2) is 24.3 Å². The highest BCUT2D eigenvalue weighted by atomic mass is 19.4. The van der Waals surface area contributed by atoms with Gasteiger partial charge in [-0.1, -0.05) is 0 Å². The third-order valence-electron chi connectivity index (χ3n) is 2.84. The van der Waals surface area contributed by atoms with Crippen LogP contribution in [-0.4, -0.2) is 37.9 Å². The van der Waals surface area contributed by atoms with Crippen molar-refractivity contribution in [1.29, 1.82) is 0 Å². The second-order valence-corrected chi connectivity index (χ2v) is 4.43. The van der Waals surface area contributed by atoms with E-state index >= 15 is 0 Å². The third-order valence-corrected chi connectivity index (χ3v) is 2.84. The maximum atomic E-state index is 12.0. The fourth-order valence-electron chi connectivity index (χ4n) is 1.93. The van der Waals surface area contributed by atoms with Crippen LogP contribution in [0.2, 0.25) is 0 Å². The van der Waals surface area contributed by atoms with Crippen LogP contribution in [0.25, 0.3) is 0 Å². The number of ketones is 1. The lowest BCUT2D eigenvalue weighted by atomic mass is 10.0. The van der Waals surface area contributed by atoms with Crippen LogP contribution in [0.4, 0.5) is 13.2 Å². The van der Waals surface area contributed by atoms with Gasteiger partial charge < -0.3 is 14.8 Å². The Morgan fingerprint density at radius 1 is 1.35 bits per heavy atom. The number of nitrogens with one attached hydrogen (secondary N) is 1. The van der Waals surface area contributed by atoms with Gasteiger partial charge in [-0.25, -0.2) is 0 Å². The highest BCUT2D eigenvalue weighted by molar-refractivity contribution is 5.96. The fourth-order valence-corrected chi connectivity index (χ4v) is 1.93. The number of hydrogen-bond acceptors (Lipinski definition) is 4.